The number of rotatable bonds is 3. The Morgan fingerprint density at radius 3 is 3.05 bits per heavy atom. The normalized spacial score (nSPS) is 13.7. The van der Waals surface area contributed by atoms with Crippen LogP contribution in [0.2, 0.25) is 0 Å². The molecule has 1 aliphatic heterocycles. The van der Waals surface area contributed by atoms with E-state index in [2.05, 4.69) is 33.1 Å². The number of benzene rings is 1. The molecule has 0 saturated carbocycles. The lowest BCUT2D eigenvalue weighted by Crippen LogP contribution is -2.19. The smallest absolute Gasteiger partial charge is 0.0980 e. The lowest BCUT2D eigenvalue weighted by molar-refractivity contribution is 0.568. The average Bonchev–Trinajstić information content (AvgIpc) is 3.20. The van der Waals surface area contributed by atoms with Gasteiger partial charge in [-0.3, -0.25) is 0 Å². The predicted molar refractivity (Wildman–Crippen MR) is 77.5 cm³/mol. The molecule has 4 nitrogen and oxygen atoms in total. The number of hydrogen-bond donors (Lipinski definition) is 1. The molecule has 0 aliphatic carbocycles. The predicted octanol–water partition coefficient (Wildman–Crippen LogP) is 3.23. The Morgan fingerprint density at radius 2 is 2.25 bits per heavy atom. The summed E-state index contributed by atoms with van der Waals surface area (Å²) in [6, 6.07) is 8.65. The molecule has 0 amide bonds. The highest BCUT2D eigenvalue weighted by atomic mass is 16.3. The second-order valence-electron chi connectivity index (χ2n) is 5.10. The number of aromatic amines is 1. The zero-order chi connectivity index (χ0) is 13.4. The van der Waals surface area contributed by atoms with E-state index in [0.717, 1.165) is 30.8 Å². The van der Waals surface area contributed by atoms with Gasteiger partial charge in [0.15, 0.2) is 0 Å². The summed E-state index contributed by atoms with van der Waals surface area (Å²) in [6.07, 6.45) is 8.22. The summed E-state index contributed by atoms with van der Waals surface area (Å²) in [5.41, 5.74) is 6.21. The van der Waals surface area contributed by atoms with Crippen LogP contribution in [0, 0.1) is 0 Å². The summed E-state index contributed by atoms with van der Waals surface area (Å²) in [5, 5.41) is 0. The molecule has 3 aromatic rings. The maximum Gasteiger partial charge on any atom is 0.0980 e. The number of H-pyrrole nitrogens is 1. The highest BCUT2D eigenvalue weighted by Gasteiger charge is 2.20. The van der Waals surface area contributed by atoms with Gasteiger partial charge in [0.05, 0.1) is 31.1 Å². The van der Waals surface area contributed by atoms with Gasteiger partial charge in [0, 0.05) is 24.0 Å². The first kappa shape index (κ1) is 11.3. The van der Waals surface area contributed by atoms with E-state index in [1.165, 1.54) is 16.8 Å². The fourth-order valence-corrected chi connectivity index (χ4v) is 2.79. The number of nitrogens with zero attached hydrogens (tertiary/aromatic N) is 2. The Kier molecular flexibility index (Phi) is 2.59. The van der Waals surface area contributed by atoms with E-state index in [4.69, 9.17) is 4.42 Å². The Labute approximate surface area is 117 Å². The van der Waals surface area contributed by atoms with Gasteiger partial charge in [-0.15, -0.1) is 0 Å². The van der Waals surface area contributed by atoms with Crippen molar-refractivity contribution in [2.24, 2.45) is 0 Å². The number of anilines is 1. The summed E-state index contributed by atoms with van der Waals surface area (Å²) < 4.78 is 5.17. The number of fused-ring (bicyclic) bond motifs is 1. The lowest BCUT2D eigenvalue weighted by Gasteiger charge is -2.19. The molecular formula is C16H15N3O. The molecule has 20 heavy (non-hydrogen) atoms. The van der Waals surface area contributed by atoms with Crippen LogP contribution in [0.1, 0.15) is 11.3 Å². The summed E-state index contributed by atoms with van der Waals surface area (Å²) in [5.74, 6) is 0. The van der Waals surface area contributed by atoms with Crippen LogP contribution in [0.3, 0.4) is 0 Å². The summed E-state index contributed by atoms with van der Waals surface area (Å²) >= 11 is 0. The Bertz CT molecular complexity index is 701. The fraction of sp³-hybridized carbons (Fsp3) is 0.188. The van der Waals surface area contributed by atoms with Crippen LogP contribution in [-0.4, -0.2) is 16.5 Å². The number of nitrogens with one attached hydrogen (secondary N) is 1. The Morgan fingerprint density at radius 1 is 1.25 bits per heavy atom. The number of imidazole rings is 1. The molecule has 0 fully saturated rings. The molecule has 0 radical (unpaired) electrons. The van der Waals surface area contributed by atoms with Crippen LogP contribution in [0.25, 0.3) is 11.1 Å². The molecule has 0 bridgehead atoms. The van der Waals surface area contributed by atoms with Crippen molar-refractivity contribution in [1.82, 2.24) is 9.97 Å². The number of furan rings is 1. The van der Waals surface area contributed by atoms with Gasteiger partial charge in [-0.05, 0) is 29.7 Å². The van der Waals surface area contributed by atoms with E-state index in [1.807, 2.05) is 12.3 Å². The van der Waals surface area contributed by atoms with Crippen LogP contribution in [0.5, 0.6) is 0 Å². The fourth-order valence-electron chi connectivity index (χ4n) is 2.79. The van der Waals surface area contributed by atoms with Gasteiger partial charge in [-0.1, -0.05) is 12.1 Å². The first-order valence-electron chi connectivity index (χ1n) is 6.78. The van der Waals surface area contributed by atoms with Gasteiger partial charge in [0.1, 0.15) is 0 Å². The molecule has 100 valence electrons. The summed E-state index contributed by atoms with van der Waals surface area (Å²) in [6.45, 7) is 1.94. The third-order valence-electron chi connectivity index (χ3n) is 3.85. The largest absolute Gasteiger partial charge is 0.472 e. The SMILES string of the molecule is c1ncc(CN2CCc3ccc(-c4ccoc4)cc32)[nH]1. The molecule has 1 aromatic carbocycles. The maximum atomic E-state index is 5.17. The zero-order valence-electron chi connectivity index (χ0n) is 11.0. The summed E-state index contributed by atoms with van der Waals surface area (Å²) in [7, 11) is 0. The van der Waals surface area contributed by atoms with Crippen LogP contribution in [0.15, 0.2) is 53.7 Å². The highest BCUT2D eigenvalue weighted by Crippen LogP contribution is 2.33. The van der Waals surface area contributed by atoms with Crippen LogP contribution in [-0.2, 0) is 13.0 Å². The third kappa shape index (κ3) is 1.90. The van der Waals surface area contributed by atoms with Crippen LogP contribution in [0.4, 0.5) is 5.69 Å². The molecule has 3 heterocycles. The molecular weight excluding hydrogens is 250 g/mol. The van der Waals surface area contributed by atoms with Crippen molar-refractivity contribution in [1.29, 1.82) is 0 Å². The molecule has 4 heteroatoms. The van der Waals surface area contributed by atoms with Crippen molar-refractivity contribution >= 4 is 5.69 Å². The number of aromatic nitrogens is 2. The first-order chi connectivity index (χ1) is 9.90. The van der Waals surface area contributed by atoms with E-state index in [1.54, 1.807) is 18.9 Å². The minimum Gasteiger partial charge on any atom is -0.472 e. The van der Waals surface area contributed by atoms with Crippen molar-refractivity contribution in [2.45, 2.75) is 13.0 Å². The van der Waals surface area contributed by atoms with Crippen molar-refractivity contribution in [3.8, 4) is 11.1 Å². The van der Waals surface area contributed by atoms with Gasteiger partial charge < -0.3 is 14.3 Å². The standard InChI is InChI=1S/C16H15N3O/c1-2-13(14-4-6-20-10-14)7-16-12(1)3-5-19(16)9-15-8-17-11-18-15/h1-2,4,6-8,10-11H,3,5,9H2,(H,17,18). The van der Waals surface area contributed by atoms with E-state index in [9.17, 15) is 0 Å². The second kappa shape index (κ2) is 4.56. The molecule has 0 atom stereocenters. The van der Waals surface area contributed by atoms with E-state index in [-0.39, 0.29) is 0 Å². The average molecular weight is 265 g/mol. The molecule has 0 unspecified atom stereocenters. The van der Waals surface area contributed by atoms with Gasteiger partial charge in [0.2, 0.25) is 0 Å². The third-order valence-corrected chi connectivity index (χ3v) is 3.85. The monoisotopic (exact) mass is 265 g/mol. The summed E-state index contributed by atoms with van der Waals surface area (Å²) in [4.78, 5) is 9.65. The molecule has 0 spiro atoms. The van der Waals surface area contributed by atoms with E-state index in [0.29, 0.717) is 0 Å². The van der Waals surface area contributed by atoms with Crippen LogP contribution < -0.4 is 4.90 Å². The van der Waals surface area contributed by atoms with Gasteiger partial charge in [-0.2, -0.15) is 0 Å². The molecule has 2 aromatic heterocycles. The quantitative estimate of drug-likeness (QED) is 0.790. The Balaban J connectivity index is 1.67. The van der Waals surface area contributed by atoms with Crippen molar-refractivity contribution < 1.29 is 4.42 Å². The minimum absolute atomic E-state index is 0.877. The maximum absolute atomic E-state index is 5.17. The van der Waals surface area contributed by atoms with E-state index < -0.39 is 0 Å². The zero-order valence-corrected chi connectivity index (χ0v) is 11.0. The Hall–Kier alpha value is -2.49. The highest BCUT2D eigenvalue weighted by molar-refractivity contribution is 5.71. The first-order valence-corrected chi connectivity index (χ1v) is 6.78. The van der Waals surface area contributed by atoms with Gasteiger partial charge >= 0.3 is 0 Å². The van der Waals surface area contributed by atoms with Crippen molar-refractivity contribution in [3.63, 3.8) is 0 Å². The molecule has 1 N–H and O–H groups in total. The van der Waals surface area contributed by atoms with E-state index >= 15 is 0 Å². The number of hydrogen-bond acceptors (Lipinski definition) is 3. The van der Waals surface area contributed by atoms with Crippen LogP contribution >= 0.6 is 0 Å². The lowest BCUT2D eigenvalue weighted by atomic mass is 10.0. The minimum atomic E-state index is 0.877. The second-order valence-corrected chi connectivity index (χ2v) is 5.10. The molecule has 1 aliphatic rings. The van der Waals surface area contributed by atoms with Crippen molar-refractivity contribution in [3.05, 3.63) is 60.6 Å². The van der Waals surface area contributed by atoms with Crippen molar-refractivity contribution in [2.75, 3.05) is 11.4 Å². The molecule has 4 rings (SSSR count). The topological polar surface area (TPSA) is 45.1 Å². The molecule has 0 saturated heterocycles. The van der Waals surface area contributed by atoms with Gasteiger partial charge in [0.25, 0.3) is 0 Å². The van der Waals surface area contributed by atoms with Gasteiger partial charge in [-0.25, -0.2) is 4.98 Å².